The molecule has 3 aromatic rings. The Morgan fingerprint density at radius 1 is 0.935 bits per heavy atom. The average Bonchev–Trinajstić information content (AvgIpc) is 2.79. The maximum Gasteiger partial charge on any atom is 0.262 e. The lowest BCUT2D eigenvalue weighted by molar-refractivity contribution is -0.119. The number of thioether (sulfide) groups is 1. The van der Waals surface area contributed by atoms with Gasteiger partial charge >= 0.3 is 0 Å². The van der Waals surface area contributed by atoms with E-state index in [4.69, 9.17) is 4.74 Å². The van der Waals surface area contributed by atoms with E-state index in [9.17, 15) is 14.0 Å². The minimum atomic E-state index is -0.372. The van der Waals surface area contributed by atoms with Crippen molar-refractivity contribution in [3.05, 3.63) is 90.2 Å². The van der Waals surface area contributed by atoms with Gasteiger partial charge in [-0.05, 0) is 66.2 Å². The predicted octanol–water partition coefficient (Wildman–Crippen LogP) is 4.09. The van der Waals surface area contributed by atoms with E-state index in [0.29, 0.717) is 11.4 Å². The van der Waals surface area contributed by atoms with Crippen LogP contribution >= 0.6 is 11.8 Å². The lowest BCUT2D eigenvalue weighted by Gasteiger charge is -2.07. The molecule has 0 spiro atoms. The molecule has 8 heteroatoms. The Bertz CT molecular complexity index is 1030. The molecule has 0 atom stereocenters. The fourth-order valence-electron chi connectivity index (χ4n) is 2.41. The van der Waals surface area contributed by atoms with Crippen LogP contribution in [0.15, 0.2) is 88.9 Å². The molecular weight excluding hydrogens is 417 g/mol. The van der Waals surface area contributed by atoms with E-state index in [1.54, 1.807) is 24.3 Å². The van der Waals surface area contributed by atoms with E-state index >= 15 is 0 Å². The third-order valence-corrected chi connectivity index (χ3v) is 4.91. The summed E-state index contributed by atoms with van der Waals surface area (Å²) in [6, 6.07) is 22.0. The standard InChI is InChI=1S/C23H20FN3O3S/c24-18-8-10-19(11-9-18)26-22(28)15-30-20-12-6-17(7-13-20)14-25-27-23(29)16-31-21-4-2-1-3-5-21/h1-14H,15-16H2,(H,26,28)(H,27,29)/b25-14+. The zero-order chi connectivity index (χ0) is 21.9. The summed E-state index contributed by atoms with van der Waals surface area (Å²) in [5.74, 6) is -0.141. The molecule has 3 rings (SSSR count). The Morgan fingerprint density at radius 3 is 2.35 bits per heavy atom. The fourth-order valence-corrected chi connectivity index (χ4v) is 3.12. The molecule has 0 aliphatic rings. The molecule has 3 aromatic carbocycles. The second-order valence-electron chi connectivity index (χ2n) is 6.31. The Morgan fingerprint density at radius 2 is 1.65 bits per heavy atom. The van der Waals surface area contributed by atoms with Gasteiger partial charge in [-0.2, -0.15) is 5.10 Å². The Kier molecular flexibility index (Phi) is 8.19. The number of carbonyl (C=O) groups is 2. The highest BCUT2D eigenvalue weighted by atomic mass is 32.2. The molecule has 0 unspecified atom stereocenters. The molecule has 0 aliphatic carbocycles. The highest BCUT2D eigenvalue weighted by molar-refractivity contribution is 8.00. The molecule has 31 heavy (non-hydrogen) atoms. The molecule has 2 N–H and O–H groups in total. The summed E-state index contributed by atoms with van der Waals surface area (Å²) in [4.78, 5) is 24.7. The number of halogens is 1. The minimum absolute atomic E-state index is 0.181. The molecule has 0 aromatic heterocycles. The van der Waals surface area contributed by atoms with E-state index < -0.39 is 0 Å². The topological polar surface area (TPSA) is 79.8 Å². The van der Waals surface area contributed by atoms with Crippen LogP contribution in [0.5, 0.6) is 5.75 Å². The SMILES string of the molecule is O=C(CSc1ccccc1)N/N=C/c1ccc(OCC(=O)Nc2ccc(F)cc2)cc1. The maximum absolute atomic E-state index is 12.9. The van der Waals surface area contributed by atoms with Gasteiger partial charge in [0.15, 0.2) is 6.61 Å². The van der Waals surface area contributed by atoms with Crippen molar-refractivity contribution in [2.24, 2.45) is 5.10 Å². The summed E-state index contributed by atoms with van der Waals surface area (Å²) in [7, 11) is 0. The van der Waals surface area contributed by atoms with Gasteiger partial charge in [-0.15, -0.1) is 11.8 Å². The van der Waals surface area contributed by atoms with Crippen LogP contribution < -0.4 is 15.5 Å². The minimum Gasteiger partial charge on any atom is -0.484 e. The molecule has 0 aliphatic heterocycles. The van der Waals surface area contributed by atoms with Gasteiger partial charge < -0.3 is 10.1 Å². The molecule has 2 amide bonds. The zero-order valence-electron chi connectivity index (χ0n) is 16.5. The number of hydrogen-bond donors (Lipinski definition) is 2. The third-order valence-electron chi connectivity index (χ3n) is 3.89. The van der Waals surface area contributed by atoms with E-state index in [2.05, 4.69) is 15.8 Å². The van der Waals surface area contributed by atoms with E-state index in [0.717, 1.165) is 10.5 Å². The van der Waals surface area contributed by atoms with Gasteiger partial charge in [-0.3, -0.25) is 9.59 Å². The number of rotatable bonds is 9. The Hall–Kier alpha value is -3.65. The largest absolute Gasteiger partial charge is 0.484 e. The number of carbonyl (C=O) groups excluding carboxylic acids is 2. The summed E-state index contributed by atoms with van der Waals surface area (Å²) in [5.41, 5.74) is 3.74. The molecular formula is C23H20FN3O3S. The van der Waals surface area contributed by atoms with Gasteiger partial charge in [0.25, 0.3) is 5.91 Å². The molecule has 0 radical (unpaired) electrons. The Balaban J connectivity index is 1.38. The first-order valence-corrected chi connectivity index (χ1v) is 10.3. The molecule has 0 saturated carbocycles. The summed E-state index contributed by atoms with van der Waals surface area (Å²) in [6.07, 6.45) is 1.52. The first-order valence-electron chi connectivity index (χ1n) is 9.36. The molecule has 0 fully saturated rings. The third kappa shape index (κ3) is 7.94. The van der Waals surface area contributed by atoms with Crippen molar-refractivity contribution in [1.29, 1.82) is 0 Å². The normalized spacial score (nSPS) is 10.6. The monoisotopic (exact) mass is 437 g/mol. The van der Waals surface area contributed by atoms with Crippen LogP contribution in [0.3, 0.4) is 0 Å². The second kappa shape index (κ2) is 11.5. The van der Waals surface area contributed by atoms with Gasteiger partial charge in [0.05, 0.1) is 12.0 Å². The smallest absolute Gasteiger partial charge is 0.262 e. The summed E-state index contributed by atoms with van der Waals surface area (Å²) < 4.78 is 18.3. The van der Waals surface area contributed by atoms with E-state index in [-0.39, 0.29) is 30.0 Å². The van der Waals surface area contributed by atoms with E-state index in [1.165, 1.54) is 42.2 Å². The number of anilines is 1. The molecule has 0 bridgehead atoms. The molecule has 158 valence electrons. The van der Waals surface area contributed by atoms with Gasteiger partial charge in [-0.25, -0.2) is 9.82 Å². The summed E-state index contributed by atoms with van der Waals surface area (Å²) in [5, 5.41) is 6.56. The molecule has 6 nitrogen and oxygen atoms in total. The number of benzene rings is 3. The van der Waals surface area contributed by atoms with E-state index in [1.807, 2.05) is 30.3 Å². The van der Waals surface area contributed by atoms with Crippen molar-refractivity contribution >= 4 is 35.5 Å². The lowest BCUT2D eigenvalue weighted by Crippen LogP contribution is -2.20. The number of hydrogen-bond acceptors (Lipinski definition) is 5. The highest BCUT2D eigenvalue weighted by Crippen LogP contribution is 2.16. The predicted molar refractivity (Wildman–Crippen MR) is 120 cm³/mol. The van der Waals surface area contributed by atoms with Crippen LogP contribution in [-0.2, 0) is 9.59 Å². The van der Waals surface area contributed by atoms with Crippen molar-refractivity contribution in [2.45, 2.75) is 4.90 Å². The number of hydrazone groups is 1. The summed E-state index contributed by atoms with van der Waals surface area (Å²) in [6.45, 7) is -0.181. The quantitative estimate of drug-likeness (QED) is 0.300. The van der Waals surface area contributed by atoms with Crippen molar-refractivity contribution in [1.82, 2.24) is 5.43 Å². The average molecular weight is 437 g/mol. The maximum atomic E-state index is 12.9. The highest BCUT2D eigenvalue weighted by Gasteiger charge is 2.04. The van der Waals surface area contributed by atoms with Crippen molar-refractivity contribution < 1.29 is 18.7 Å². The lowest BCUT2D eigenvalue weighted by atomic mass is 10.2. The van der Waals surface area contributed by atoms with Gasteiger partial charge in [0.2, 0.25) is 5.91 Å². The number of ether oxygens (including phenoxy) is 1. The molecule has 0 heterocycles. The van der Waals surface area contributed by atoms with Crippen LogP contribution in [0.2, 0.25) is 0 Å². The van der Waals surface area contributed by atoms with Crippen molar-refractivity contribution in [3.63, 3.8) is 0 Å². The summed E-state index contributed by atoms with van der Waals surface area (Å²) >= 11 is 1.43. The van der Waals surface area contributed by atoms with Gasteiger partial charge in [0.1, 0.15) is 11.6 Å². The van der Waals surface area contributed by atoms with Crippen LogP contribution in [0.4, 0.5) is 10.1 Å². The van der Waals surface area contributed by atoms with Crippen molar-refractivity contribution in [2.75, 3.05) is 17.7 Å². The van der Waals surface area contributed by atoms with Crippen LogP contribution in [0.1, 0.15) is 5.56 Å². The number of nitrogens with one attached hydrogen (secondary N) is 2. The van der Waals surface area contributed by atoms with Crippen molar-refractivity contribution in [3.8, 4) is 5.75 Å². The van der Waals surface area contributed by atoms with Crippen LogP contribution in [0, 0.1) is 5.82 Å². The zero-order valence-corrected chi connectivity index (χ0v) is 17.3. The Labute approximate surface area is 183 Å². The second-order valence-corrected chi connectivity index (χ2v) is 7.36. The van der Waals surface area contributed by atoms with Crippen LogP contribution in [0.25, 0.3) is 0 Å². The number of amides is 2. The van der Waals surface area contributed by atoms with Gasteiger partial charge in [0, 0.05) is 10.6 Å². The first kappa shape index (κ1) is 22.0. The number of nitrogens with zero attached hydrogens (tertiary/aromatic N) is 1. The van der Waals surface area contributed by atoms with Crippen LogP contribution in [-0.4, -0.2) is 30.4 Å². The molecule has 0 saturated heterocycles. The first-order chi connectivity index (χ1) is 15.1. The van der Waals surface area contributed by atoms with Gasteiger partial charge in [-0.1, -0.05) is 18.2 Å². The fraction of sp³-hybridized carbons (Fsp3) is 0.0870.